The predicted molar refractivity (Wildman–Crippen MR) is 85.7 cm³/mol. The Hall–Kier alpha value is -2.66. The van der Waals surface area contributed by atoms with E-state index in [-0.39, 0.29) is 12.5 Å². The molecule has 0 aromatic heterocycles. The number of aliphatic hydroxyl groups is 1. The third-order valence-corrected chi connectivity index (χ3v) is 3.33. The summed E-state index contributed by atoms with van der Waals surface area (Å²) in [5, 5.41) is 13.0. The fraction of sp³-hybridized carbons (Fsp3) is 0.222. The second-order valence-corrected chi connectivity index (χ2v) is 4.92. The van der Waals surface area contributed by atoms with Crippen LogP contribution in [0.15, 0.2) is 60.7 Å². The number of hydrogen-bond acceptors (Lipinski definition) is 4. The highest BCUT2D eigenvalue weighted by Crippen LogP contribution is 2.19. The van der Waals surface area contributed by atoms with Crippen LogP contribution in [-0.4, -0.2) is 29.7 Å². The Kier molecular flexibility index (Phi) is 5.88. The summed E-state index contributed by atoms with van der Waals surface area (Å²) in [6, 6.07) is 16.6. The summed E-state index contributed by atoms with van der Waals surface area (Å²) in [6.07, 6.45) is -1.48. The van der Waals surface area contributed by atoms with Crippen molar-refractivity contribution in [3.63, 3.8) is 0 Å². The molecule has 0 aliphatic carbocycles. The lowest BCUT2D eigenvalue weighted by atomic mass is 10.0. The smallest absolute Gasteiger partial charge is 0.337 e. The number of hydrogen-bond donors (Lipinski definition) is 2. The zero-order chi connectivity index (χ0) is 16.7. The Morgan fingerprint density at radius 2 is 1.61 bits per heavy atom. The summed E-state index contributed by atoms with van der Waals surface area (Å²) in [7, 11) is 0. The molecule has 5 nitrogen and oxygen atoms in total. The van der Waals surface area contributed by atoms with Gasteiger partial charge in [-0.1, -0.05) is 48.5 Å². The monoisotopic (exact) mass is 313 g/mol. The van der Waals surface area contributed by atoms with E-state index >= 15 is 0 Å². The molecule has 2 N–H and O–H groups in total. The van der Waals surface area contributed by atoms with E-state index in [0.29, 0.717) is 11.1 Å². The van der Waals surface area contributed by atoms with Crippen LogP contribution in [0.1, 0.15) is 28.9 Å². The average Bonchev–Trinajstić information content (AvgIpc) is 2.60. The molecule has 0 unspecified atom stereocenters. The highest BCUT2D eigenvalue weighted by atomic mass is 16.5. The normalized spacial score (nSPS) is 13.0. The minimum Gasteiger partial charge on any atom is -0.464 e. The van der Waals surface area contributed by atoms with Crippen molar-refractivity contribution in [2.75, 3.05) is 6.61 Å². The maximum Gasteiger partial charge on any atom is 0.337 e. The van der Waals surface area contributed by atoms with Gasteiger partial charge in [0.15, 0.2) is 6.10 Å². The van der Waals surface area contributed by atoms with Gasteiger partial charge in [-0.3, -0.25) is 4.79 Å². The standard InChI is InChI=1S/C18H19NO4/c1-2-23-18(22)16(20)15(13-9-5-3-6-10-13)19-17(21)14-11-7-4-8-12-14/h3-12,15-16,20H,2H2,1H3,(H,19,21)/t15-,16+/m0/s1. The van der Waals surface area contributed by atoms with E-state index in [2.05, 4.69) is 5.32 Å². The topological polar surface area (TPSA) is 75.6 Å². The van der Waals surface area contributed by atoms with Crippen LogP contribution in [0, 0.1) is 0 Å². The molecule has 2 atom stereocenters. The van der Waals surface area contributed by atoms with E-state index in [1.54, 1.807) is 61.5 Å². The summed E-state index contributed by atoms with van der Waals surface area (Å²) in [5.74, 6) is -1.14. The molecule has 2 rings (SSSR count). The third-order valence-electron chi connectivity index (χ3n) is 3.33. The molecule has 0 spiro atoms. The number of carbonyl (C=O) groups excluding carboxylic acids is 2. The quantitative estimate of drug-likeness (QED) is 0.801. The molecule has 0 saturated heterocycles. The van der Waals surface area contributed by atoms with E-state index < -0.39 is 18.1 Å². The first-order valence-corrected chi connectivity index (χ1v) is 7.39. The van der Waals surface area contributed by atoms with Crippen molar-refractivity contribution < 1.29 is 19.4 Å². The number of rotatable bonds is 6. The van der Waals surface area contributed by atoms with Gasteiger partial charge < -0.3 is 15.2 Å². The first kappa shape index (κ1) is 16.7. The van der Waals surface area contributed by atoms with Gasteiger partial charge in [-0.25, -0.2) is 4.79 Å². The molecule has 1 amide bonds. The molecule has 2 aromatic rings. The highest BCUT2D eigenvalue weighted by Gasteiger charge is 2.30. The SMILES string of the molecule is CCOC(=O)[C@H](O)[C@@H](NC(=O)c1ccccc1)c1ccccc1. The molecule has 2 aromatic carbocycles. The molecule has 120 valence electrons. The second kappa shape index (κ2) is 8.10. The minimum atomic E-state index is -1.48. The molecule has 0 fully saturated rings. The van der Waals surface area contributed by atoms with Gasteiger partial charge in [-0.15, -0.1) is 0 Å². The van der Waals surface area contributed by atoms with Crippen LogP contribution in [0.4, 0.5) is 0 Å². The number of esters is 1. The third kappa shape index (κ3) is 4.40. The molecule has 0 saturated carbocycles. The Bertz CT molecular complexity index is 643. The Labute approximate surface area is 134 Å². The number of amides is 1. The molecule has 0 heterocycles. The van der Waals surface area contributed by atoms with Crippen molar-refractivity contribution in [2.24, 2.45) is 0 Å². The number of nitrogens with one attached hydrogen (secondary N) is 1. The number of carbonyl (C=O) groups is 2. The van der Waals surface area contributed by atoms with Gasteiger partial charge in [0.2, 0.25) is 0 Å². The maximum absolute atomic E-state index is 12.3. The van der Waals surface area contributed by atoms with Crippen LogP contribution in [0.2, 0.25) is 0 Å². The second-order valence-electron chi connectivity index (χ2n) is 4.92. The van der Waals surface area contributed by atoms with Crippen molar-refractivity contribution >= 4 is 11.9 Å². The van der Waals surface area contributed by atoms with Gasteiger partial charge in [-0.05, 0) is 24.6 Å². The van der Waals surface area contributed by atoms with Crippen LogP contribution < -0.4 is 5.32 Å². The Morgan fingerprint density at radius 1 is 1.04 bits per heavy atom. The molecule has 0 radical (unpaired) electrons. The van der Waals surface area contributed by atoms with E-state index in [1.807, 2.05) is 6.07 Å². The van der Waals surface area contributed by atoms with Crippen molar-refractivity contribution in [2.45, 2.75) is 19.1 Å². The fourth-order valence-corrected chi connectivity index (χ4v) is 2.18. The highest BCUT2D eigenvalue weighted by molar-refractivity contribution is 5.94. The zero-order valence-corrected chi connectivity index (χ0v) is 12.8. The van der Waals surface area contributed by atoms with Crippen LogP contribution in [0.5, 0.6) is 0 Å². The van der Waals surface area contributed by atoms with Gasteiger partial charge in [0, 0.05) is 5.56 Å². The lowest BCUT2D eigenvalue weighted by Gasteiger charge is -2.23. The van der Waals surface area contributed by atoms with Crippen molar-refractivity contribution in [1.82, 2.24) is 5.32 Å². The van der Waals surface area contributed by atoms with Crippen LogP contribution >= 0.6 is 0 Å². The fourth-order valence-electron chi connectivity index (χ4n) is 2.18. The number of benzene rings is 2. The van der Waals surface area contributed by atoms with Gasteiger partial charge in [-0.2, -0.15) is 0 Å². The van der Waals surface area contributed by atoms with E-state index in [4.69, 9.17) is 4.74 Å². The van der Waals surface area contributed by atoms with Crippen LogP contribution in [0.3, 0.4) is 0 Å². The van der Waals surface area contributed by atoms with Crippen molar-refractivity contribution in [1.29, 1.82) is 0 Å². The van der Waals surface area contributed by atoms with Crippen molar-refractivity contribution in [3.05, 3.63) is 71.8 Å². The summed E-state index contributed by atoms with van der Waals surface area (Å²) >= 11 is 0. The number of ether oxygens (including phenoxy) is 1. The number of aliphatic hydroxyl groups excluding tert-OH is 1. The summed E-state index contributed by atoms with van der Waals surface area (Å²) < 4.78 is 4.85. The molecule has 5 heteroatoms. The van der Waals surface area contributed by atoms with Gasteiger partial charge >= 0.3 is 5.97 Å². The Morgan fingerprint density at radius 3 is 2.17 bits per heavy atom. The maximum atomic E-state index is 12.3. The largest absolute Gasteiger partial charge is 0.464 e. The minimum absolute atomic E-state index is 0.157. The van der Waals surface area contributed by atoms with Crippen molar-refractivity contribution in [3.8, 4) is 0 Å². The van der Waals surface area contributed by atoms with E-state index in [1.165, 1.54) is 0 Å². The lowest BCUT2D eigenvalue weighted by molar-refractivity contribution is -0.154. The van der Waals surface area contributed by atoms with E-state index in [9.17, 15) is 14.7 Å². The molecule has 0 bridgehead atoms. The summed E-state index contributed by atoms with van der Waals surface area (Å²) in [6.45, 7) is 1.81. The molecular weight excluding hydrogens is 294 g/mol. The molecule has 23 heavy (non-hydrogen) atoms. The van der Waals surface area contributed by atoms with E-state index in [0.717, 1.165) is 0 Å². The summed E-state index contributed by atoms with van der Waals surface area (Å²) in [4.78, 5) is 24.2. The van der Waals surface area contributed by atoms with Gasteiger partial charge in [0.1, 0.15) is 0 Å². The van der Waals surface area contributed by atoms with Gasteiger partial charge in [0.05, 0.1) is 12.6 Å². The molecular formula is C18H19NO4. The lowest BCUT2D eigenvalue weighted by Crippen LogP contribution is -2.41. The molecule has 0 aliphatic rings. The first-order valence-electron chi connectivity index (χ1n) is 7.39. The predicted octanol–water partition coefficient (Wildman–Crippen LogP) is 2.08. The first-order chi connectivity index (χ1) is 11.1. The summed E-state index contributed by atoms with van der Waals surface area (Å²) in [5.41, 5.74) is 1.07. The average molecular weight is 313 g/mol. The van der Waals surface area contributed by atoms with Crippen LogP contribution in [0.25, 0.3) is 0 Å². The Balaban J connectivity index is 2.23. The van der Waals surface area contributed by atoms with Crippen LogP contribution in [-0.2, 0) is 9.53 Å². The molecule has 0 aliphatic heterocycles. The van der Waals surface area contributed by atoms with Gasteiger partial charge in [0.25, 0.3) is 5.91 Å². The zero-order valence-electron chi connectivity index (χ0n) is 12.8.